The van der Waals surface area contributed by atoms with Gasteiger partial charge in [-0.3, -0.25) is 0 Å². The molecule has 7 heteroatoms. The number of hydrogen-bond acceptors (Lipinski definition) is 4. The van der Waals surface area contributed by atoms with Crippen LogP contribution in [0.25, 0.3) is 0 Å². The summed E-state index contributed by atoms with van der Waals surface area (Å²) in [5.41, 5.74) is 0.252. The molecule has 25 heavy (non-hydrogen) atoms. The number of anilines is 1. The first-order valence-electron chi connectivity index (χ1n) is 8.51. The van der Waals surface area contributed by atoms with E-state index >= 15 is 0 Å². The molecule has 0 heterocycles. The summed E-state index contributed by atoms with van der Waals surface area (Å²) in [6.07, 6.45) is 0.272. The van der Waals surface area contributed by atoms with E-state index in [1.807, 2.05) is 34.6 Å². The number of carbonyl (C=O) groups excluding carboxylic acids is 1. The highest BCUT2D eigenvalue weighted by atomic mass is 35.5. The van der Waals surface area contributed by atoms with E-state index in [1.165, 1.54) is 12.1 Å². The Bertz CT molecular complexity index is 508. The number of halogens is 2. The summed E-state index contributed by atoms with van der Waals surface area (Å²) >= 11 is 5.69. The van der Waals surface area contributed by atoms with Crippen molar-refractivity contribution in [1.82, 2.24) is 5.32 Å². The van der Waals surface area contributed by atoms with Crippen molar-refractivity contribution in [3.8, 4) is 0 Å². The minimum Gasteiger partial charge on any atom is -0.444 e. The van der Waals surface area contributed by atoms with Gasteiger partial charge in [0.2, 0.25) is 0 Å². The van der Waals surface area contributed by atoms with Crippen molar-refractivity contribution < 1.29 is 18.7 Å². The summed E-state index contributed by atoms with van der Waals surface area (Å²) in [6.45, 7) is 11.6. The minimum absolute atomic E-state index is 0.0872. The molecule has 1 rings (SSSR count). The summed E-state index contributed by atoms with van der Waals surface area (Å²) in [4.78, 5) is 11.4. The van der Waals surface area contributed by atoms with Crippen LogP contribution >= 0.6 is 11.6 Å². The average molecular weight is 377 g/mol. The fourth-order valence-corrected chi connectivity index (χ4v) is 1.84. The lowest BCUT2D eigenvalue weighted by atomic mass is 10.2. The third-order valence-electron chi connectivity index (χ3n) is 2.63. The predicted molar refractivity (Wildman–Crippen MR) is 101 cm³/mol. The Morgan fingerprint density at radius 3 is 2.48 bits per heavy atom. The third kappa shape index (κ3) is 12.5. The molecule has 0 saturated carbocycles. The smallest absolute Gasteiger partial charge is 0.407 e. The normalized spacial score (nSPS) is 10.5. The Morgan fingerprint density at radius 2 is 1.88 bits per heavy atom. The maximum absolute atomic E-state index is 13.0. The fourth-order valence-electron chi connectivity index (χ4n) is 1.65. The van der Waals surface area contributed by atoms with E-state index in [1.54, 1.807) is 6.07 Å². The van der Waals surface area contributed by atoms with Gasteiger partial charge in [-0.15, -0.1) is 0 Å². The van der Waals surface area contributed by atoms with Crippen molar-refractivity contribution in [3.05, 3.63) is 29.0 Å². The summed E-state index contributed by atoms with van der Waals surface area (Å²) in [7, 11) is 0. The topological polar surface area (TPSA) is 59.6 Å². The lowest BCUT2D eigenvalue weighted by Gasteiger charge is -2.19. The lowest BCUT2D eigenvalue weighted by Crippen LogP contribution is -2.33. The molecule has 0 radical (unpaired) electrons. The molecule has 0 atom stereocenters. The average Bonchev–Trinajstić information content (AvgIpc) is 2.53. The summed E-state index contributed by atoms with van der Waals surface area (Å²) in [5, 5.41) is 5.83. The molecule has 144 valence electrons. The van der Waals surface area contributed by atoms with Gasteiger partial charge < -0.3 is 20.1 Å². The van der Waals surface area contributed by atoms with Gasteiger partial charge in [-0.1, -0.05) is 25.4 Å². The van der Waals surface area contributed by atoms with Gasteiger partial charge in [-0.25, -0.2) is 9.18 Å². The van der Waals surface area contributed by atoms with Gasteiger partial charge in [-0.05, 0) is 45.4 Å². The first kappa shape index (κ1) is 23.5. The quantitative estimate of drug-likeness (QED) is 0.637. The maximum atomic E-state index is 13.0. The van der Waals surface area contributed by atoms with Gasteiger partial charge in [-0.2, -0.15) is 0 Å². The van der Waals surface area contributed by atoms with Crippen molar-refractivity contribution in [2.45, 2.75) is 46.6 Å². The van der Waals surface area contributed by atoms with Crippen molar-refractivity contribution in [1.29, 1.82) is 0 Å². The largest absolute Gasteiger partial charge is 0.444 e. The molecular weight excluding hydrogens is 347 g/mol. The van der Waals surface area contributed by atoms with Gasteiger partial charge >= 0.3 is 6.09 Å². The zero-order valence-corrected chi connectivity index (χ0v) is 16.5. The highest BCUT2D eigenvalue weighted by Crippen LogP contribution is 2.18. The number of nitrogens with one attached hydrogen (secondary N) is 2. The second kappa shape index (κ2) is 12.8. The second-order valence-corrected chi connectivity index (χ2v) is 6.36. The Labute approximate surface area is 155 Å². The zero-order valence-electron chi connectivity index (χ0n) is 15.7. The van der Waals surface area contributed by atoms with Crippen molar-refractivity contribution in [3.63, 3.8) is 0 Å². The molecule has 1 amide bonds. The Morgan fingerprint density at radius 1 is 1.20 bits per heavy atom. The number of ether oxygens (including phenoxy) is 2. The first-order valence-corrected chi connectivity index (χ1v) is 8.89. The SMILES string of the molecule is CC.CC(C)(C)OC(=O)NCCCOCCNc1ccc(F)c(Cl)c1. The van der Waals surface area contributed by atoms with E-state index < -0.39 is 17.5 Å². The molecule has 0 unspecified atom stereocenters. The molecule has 0 aliphatic carbocycles. The van der Waals surface area contributed by atoms with Crippen LogP contribution in [0.4, 0.5) is 14.9 Å². The van der Waals surface area contributed by atoms with Crippen LogP contribution in [0.15, 0.2) is 18.2 Å². The Balaban J connectivity index is 0.00000277. The Kier molecular flexibility index (Phi) is 12.0. The Hall–Kier alpha value is -1.53. The van der Waals surface area contributed by atoms with Crippen molar-refractivity contribution in [2.75, 3.05) is 31.6 Å². The van der Waals surface area contributed by atoms with Crippen molar-refractivity contribution in [2.24, 2.45) is 0 Å². The van der Waals surface area contributed by atoms with Crippen LogP contribution in [-0.2, 0) is 9.47 Å². The molecule has 0 saturated heterocycles. The highest BCUT2D eigenvalue weighted by Gasteiger charge is 2.15. The molecular formula is C18H30ClFN2O3. The van der Waals surface area contributed by atoms with Crippen LogP contribution in [0, 0.1) is 5.82 Å². The third-order valence-corrected chi connectivity index (χ3v) is 2.92. The molecule has 0 spiro atoms. The predicted octanol–water partition coefficient (Wildman–Crippen LogP) is 4.85. The van der Waals surface area contributed by atoms with Crippen LogP contribution in [0.2, 0.25) is 5.02 Å². The zero-order chi connectivity index (χ0) is 19.3. The summed E-state index contributed by atoms with van der Waals surface area (Å²) in [6, 6.07) is 4.46. The molecule has 0 aliphatic rings. The molecule has 0 fully saturated rings. The lowest BCUT2D eigenvalue weighted by molar-refractivity contribution is 0.0520. The van der Waals surface area contributed by atoms with Crippen LogP contribution < -0.4 is 10.6 Å². The van der Waals surface area contributed by atoms with E-state index in [-0.39, 0.29) is 5.02 Å². The molecule has 0 aromatic heterocycles. The molecule has 0 aliphatic heterocycles. The van der Waals surface area contributed by atoms with Crippen LogP contribution in [-0.4, -0.2) is 38.0 Å². The number of amides is 1. The monoisotopic (exact) mass is 376 g/mol. The summed E-state index contributed by atoms with van der Waals surface area (Å²) in [5.74, 6) is -0.439. The molecule has 0 bridgehead atoms. The molecule has 1 aromatic rings. The van der Waals surface area contributed by atoms with Gasteiger partial charge in [0.05, 0.1) is 11.6 Å². The fraction of sp³-hybridized carbons (Fsp3) is 0.611. The van der Waals surface area contributed by atoms with Crippen LogP contribution in [0.1, 0.15) is 41.0 Å². The number of benzene rings is 1. The van der Waals surface area contributed by atoms with E-state index in [9.17, 15) is 9.18 Å². The van der Waals surface area contributed by atoms with E-state index in [0.717, 1.165) is 5.69 Å². The standard InChI is InChI=1S/C16H24ClFN2O3.C2H6/c1-16(2,3)23-15(21)20-7-4-9-22-10-8-19-12-5-6-14(18)13(17)11-12;1-2/h5-6,11,19H,4,7-10H2,1-3H3,(H,20,21);1-2H3. The van der Waals surface area contributed by atoms with Gasteiger partial charge in [0.15, 0.2) is 0 Å². The highest BCUT2D eigenvalue weighted by molar-refractivity contribution is 6.31. The van der Waals surface area contributed by atoms with Gasteiger partial charge in [0, 0.05) is 25.4 Å². The van der Waals surface area contributed by atoms with Gasteiger partial charge in [0.25, 0.3) is 0 Å². The second-order valence-electron chi connectivity index (χ2n) is 5.95. The van der Waals surface area contributed by atoms with E-state index in [0.29, 0.717) is 32.7 Å². The van der Waals surface area contributed by atoms with Crippen molar-refractivity contribution >= 4 is 23.4 Å². The number of rotatable bonds is 8. The minimum atomic E-state index is -0.491. The van der Waals surface area contributed by atoms with Crippen LogP contribution in [0.5, 0.6) is 0 Å². The van der Waals surface area contributed by atoms with Gasteiger partial charge in [0.1, 0.15) is 11.4 Å². The number of alkyl carbamates (subject to hydrolysis) is 1. The van der Waals surface area contributed by atoms with E-state index in [4.69, 9.17) is 21.1 Å². The number of hydrogen-bond donors (Lipinski definition) is 2. The van der Waals surface area contributed by atoms with E-state index in [2.05, 4.69) is 10.6 Å². The molecule has 2 N–H and O–H groups in total. The maximum Gasteiger partial charge on any atom is 0.407 e. The molecule has 1 aromatic carbocycles. The first-order chi connectivity index (χ1) is 11.8. The van der Waals surface area contributed by atoms with Crippen LogP contribution in [0.3, 0.4) is 0 Å². The molecule has 5 nitrogen and oxygen atoms in total. The number of carbonyl (C=O) groups is 1. The summed E-state index contributed by atoms with van der Waals surface area (Å²) < 4.78 is 23.5.